The molecule has 0 unspecified atom stereocenters. The summed E-state index contributed by atoms with van der Waals surface area (Å²) in [5.74, 6) is 0.610. The number of carbonyl (C=O) groups excluding carboxylic acids is 1. The molecule has 0 atom stereocenters. The molecule has 0 fully saturated rings. The second kappa shape index (κ2) is 8.29. The monoisotopic (exact) mass is 318 g/mol. The minimum absolute atomic E-state index is 0.254. The van der Waals surface area contributed by atoms with Crippen molar-refractivity contribution in [2.45, 2.75) is 13.3 Å². The summed E-state index contributed by atoms with van der Waals surface area (Å²) < 4.78 is 5.35. The van der Waals surface area contributed by atoms with Crippen LogP contribution in [0.2, 0.25) is 5.02 Å². The summed E-state index contributed by atoms with van der Waals surface area (Å²) in [5, 5.41) is 6.04. The van der Waals surface area contributed by atoms with Gasteiger partial charge in [-0.05, 0) is 37.1 Å². The van der Waals surface area contributed by atoms with Gasteiger partial charge in [-0.1, -0.05) is 41.9 Å². The van der Waals surface area contributed by atoms with E-state index in [-0.39, 0.29) is 6.03 Å². The summed E-state index contributed by atoms with van der Waals surface area (Å²) in [4.78, 5) is 11.8. The quantitative estimate of drug-likeness (QED) is 0.842. The Morgan fingerprint density at radius 3 is 2.64 bits per heavy atom. The molecule has 22 heavy (non-hydrogen) atoms. The zero-order valence-electron chi connectivity index (χ0n) is 12.4. The zero-order chi connectivity index (χ0) is 15.8. The Kier molecular flexibility index (Phi) is 6.10. The van der Waals surface area contributed by atoms with Crippen LogP contribution in [0.3, 0.4) is 0 Å². The van der Waals surface area contributed by atoms with Gasteiger partial charge in [-0.15, -0.1) is 0 Å². The van der Waals surface area contributed by atoms with Gasteiger partial charge >= 0.3 is 6.03 Å². The molecule has 0 aliphatic carbocycles. The second-order valence-corrected chi connectivity index (χ2v) is 5.10. The van der Waals surface area contributed by atoms with E-state index in [0.29, 0.717) is 29.6 Å². The van der Waals surface area contributed by atoms with Gasteiger partial charge in [0.2, 0.25) is 0 Å². The SMILES string of the molecule is CCOc1ccc(NC(=O)NCCc2ccccc2)cc1Cl. The molecule has 2 aromatic rings. The highest BCUT2D eigenvalue weighted by Gasteiger charge is 2.05. The summed E-state index contributed by atoms with van der Waals surface area (Å²) in [6.45, 7) is 3.01. The molecule has 4 nitrogen and oxygen atoms in total. The number of benzene rings is 2. The molecule has 2 N–H and O–H groups in total. The van der Waals surface area contributed by atoms with Gasteiger partial charge in [0.05, 0.1) is 11.6 Å². The van der Waals surface area contributed by atoms with E-state index in [1.54, 1.807) is 18.2 Å². The number of urea groups is 1. The standard InChI is InChI=1S/C17H19ClN2O2/c1-2-22-16-9-8-14(12-15(16)18)20-17(21)19-11-10-13-6-4-3-5-7-13/h3-9,12H,2,10-11H2,1H3,(H2,19,20,21). The van der Waals surface area contributed by atoms with E-state index in [2.05, 4.69) is 10.6 Å². The smallest absolute Gasteiger partial charge is 0.319 e. The summed E-state index contributed by atoms with van der Waals surface area (Å²) in [5.41, 5.74) is 1.82. The fourth-order valence-corrected chi connectivity index (χ4v) is 2.23. The van der Waals surface area contributed by atoms with E-state index >= 15 is 0 Å². The van der Waals surface area contributed by atoms with Crippen molar-refractivity contribution >= 4 is 23.3 Å². The van der Waals surface area contributed by atoms with E-state index in [9.17, 15) is 4.79 Å². The molecule has 0 aliphatic rings. The molecule has 2 aromatic carbocycles. The van der Waals surface area contributed by atoms with Gasteiger partial charge in [-0.25, -0.2) is 4.79 Å². The molecule has 0 aliphatic heterocycles. The first kappa shape index (κ1) is 16.2. The lowest BCUT2D eigenvalue weighted by Gasteiger charge is -2.10. The molecular formula is C17H19ClN2O2. The Labute approximate surface area is 135 Å². The summed E-state index contributed by atoms with van der Waals surface area (Å²) in [7, 11) is 0. The molecule has 2 amide bonds. The van der Waals surface area contributed by atoms with Gasteiger partial charge < -0.3 is 15.4 Å². The summed E-state index contributed by atoms with van der Waals surface area (Å²) in [6, 6.07) is 14.9. The number of hydrogen-bond donors (Lipinski definition) is 2. The molecular weight excluding hydrogens is 300 g/mol. The lowest BCUT2D eigenvalue weighted by atomic mass is 10.1. The predicted molar refractivity (Wildman–Crippen MR) is 89.8 cm³/mol. The molecule has 5 heteroatoms. The fraction of sp³-hybridized carbons (Fsp3) is 0.235. The first-order valence-electron chi connectivity index (χ1n) is 7.20. The average molecular weight is 319 g/mol. The van der Waals surface area contributed by atoms with Crippen molar-refractivity contribution in [2.75, 3.05) is 18.5 Å². The molecule has 0 radical (unpaired) electrons. The van der Waals surface area contributed by atoms with Crippen molar-refractivity contribution in [3.8, 4) is 5.75 Å². The Balaban J connectivity index is 1.80. The molecule has 0 heterocycles. The highest BCUT2D eigenvalue weighted by molar-refractivity contribution is 6.32. The molecule has 0 saturated carbocycles. The van der Waals surface area contributed by atoms with Crippen LogP contribution in [-0.4, -0.2) is 19.2 Å². The highest BCUT2D eigenvalue weighted by atomic mass is 35.5. The summed E-state index contributed by atoms with van der Waals surface area (Å²) in [6.07, 6.45) is 0.790. The van der Waals surface area contributed by atoms with Crippen LogP contribution in [0.25, 0.3) is 0 Å². The number of hydrogen-bond acceptors (Lipinski definition) is 2. The van der Waals surface area contributed by atoms with Crippen LogP contribution in [0.4, 0.5) is 10.5 Å². The third-order valence-corrected chi connectivity index (χ3v) is 3.33. The van der Waals surface area contributed by atoms with Crippen molar-refractivity contribution in [2.24, 2.45) is 0 Å². The van der Waals surface area contributed by atoms with Gasteiger partial charge in [0.25, 0.3) is 0 Å². The normalized spacial score (nSPS) is 10.1. The van der Waals surface area contributed by atoms with E-state index in [0.717, 1.165) is 6.42 Å². The third-order valence-electron chi connectivity index (χ3n) is 3.03. The lowest BCUT2D eigenvalue weighted by Crippen LogP contribution is -2.30. The van der Waals surface area contributed by atoms with Gasteiger partial charge in [-0.2, -0.15) is 0 Å². The summed E-state index contributed by atoms with van der Waals surface area (Å²) >= 11 is 6.08. The van der Waals surface area contributed by atoms with Crippen LogP contribution in [-0.2, 0) is 6.42 Å². The van der Waals surface area contributed by atoms with Crippen LogP contribution < -0.4 is 15.4 Å². The maximum absolute atomic E-state index is 11.8. The first-order chi connectivity index (χ1) is 10.7. The van der Waals surface area contributed by atoms with Crippen molar-refractivity contribution < 1.29 is 9.53 Å². The van der Waals surface area contributed by atoms with Crippen LogP contribution in [0.1, 0.15) is 12.5 Å². The Bertz CT molecular complexity index is 617. The van der Waals surface area contributed by atoms with Crippen molar-refractivity contribution in [1.82, 2.24) is 5.32 Å². The highest BCUT2D eigenvalue weighted by Crippen LogP contribution is 2.27. The topological polar surface area (TPSA) is 50.4 Å². The van der Waals surface area contributed by atoms with Crippen LogP contribution in [0, 0.1) is 0 Å². The number of carbonyl (C=O) groups is 1. The maximum atomic E-state index is 11.8. The number of halogens is 1. The molecule has 0 aromatic heterocycles. The Morgan fingerprint density at radius 2 is 1.95 bits per heavy atom. The van der Waals surface area contributed by atoms with E-state index in [1.807, 2.05) is 37.3 Å². The van der Waals surface area contributed by atoms with E-state index in [1.165, 1.54) is 5.56 Å². The van der Waals surface area contributed by atoms with Gasteiger partial charge in [0.1, 0.15) is 5.75 Å². The van der Waals surface area contributed by atoms with Crippen LogP contribution >= 0.6 is 11.6 Å². The molecule has 2 rings (SSSR count). The van der Waals surface area contributed by atoms with Gasteiger partial charge in [-0.3, -0.25) is 0 Å². The van der Waals surface area contributed by atoms with Crippen LogP contribution in [0.15, 0.2) is 48.5 Å². The first-order valence-corrected chi connectivity index (χ1v) is 7.58. The molecule has 0 saturated heterocycles. The third kappa shape index (κ3) is 4.97. The molecule has 0 bridgehead atoms. The molecule has 0 spiro atoms. The minimum Gasteiger partial charge on any atom is -0.492 e. The van der Waals surface area contributed by atoms with E-state index in [4.69, 9.17) is 16.3 Å². The fourth-order valence-electron chi connectivity index (χ4n) is 1.99. The van der Waals surface area contributed by atoms with Crippen molar-refractivity contribution in [3.05, 3.63) is 59.1 Å². The second-order valence-electron chi connectivity index (χ2n) is 4.69. The largest absolute Gasteiger partial charge is 0.492 e. The number of nitrogens with one attached hydrogen (secondary N) is 2. The van der Waals surface area contributed by atoms with Crippen molar-refractivity contribution in [3.63, 3.8) is 0 Å². The van der Waals surface area contributed by atoms with Crippen LogP contribution in [0.5, 0.6) is 5.75 Å². The Morgan fingerprint density at radius 1 is 1.18 bits per heavy atom. The minimum atomic E-state index is -0.254. The number of ether oxygens (including phenoxy) is 1. The predicted octanol–water partition coefficient (Wildman–Crippen LogP) is 4.10. The Hall–Kier alpha value is -2.20. The average Bonchev–Trinajstić information content (AvgIpc) is 2.51. The molecule has 116 valence electrons. The number of anilines is 1. The van der Waals surface area contributed by atoms with E-state index < -0.39 is 0 Å². The lowest BCUT2D eigenvalue weighted by molar-refractivity contribution is 0.252. The van der Waals surface area contributed by atoms with Gasteiger partial charge in [0, 0.05) is 12.2 Å². The van der Waals surface area contributed by atoms with Crippen molar-refractivity contribution in [1.29, 1.82) is 0 Å². The maximum Gasteiger partial charge on any atom is 0.319 e. The number of amides is 2. The zero-order valence-corrected chi connectivity index (χ0v) is 13.2. The van der Waals surface area contributed by atoms with Gasteiger partial charge in [0.15, 0.2) is 0 Å². The number of rotatable bonds is 6.